The summed E-state index contributed by atoms with van der Waals surface area (Å²) >= 11 is 0. The van der Waals surface area contributed by atoms with Gasteiger partial charge in [0.25, 0.3) is 5.89 Å². The normalized spacial score (nSPS) is 12.4. The molecule has 31 heavy (non-hydrogen) atoms. The van der Waals surface area contributed by atoms with Crippen molar-refractivity contribution >= 4 is 0 Å². The molecule has 0 radical (unpaired) electrons. The first kappa shape index (κ1) is 22.9. The van der Waals surface area contributed by atoms with E-state index in [9.17, 15) is 5.11 Å². The van der Waals surface area contributed by atoms with E-state index in [1.807, 2.05) is 25.1 Å². The molecule has 0 saturated heterocycles. The van der Waals surface area contributed by atoms with Gasteiger partial charge in [0.1, 0.15) is 18.5 Å². The Morgan fingerprint density at radius 1 is 1.13 bits per heavy atom. The fourth-order valence-corrected chi connectivity index (χ4v) is 3.47. The molecule has 0 aliphatic rings. The number of aromatic nitrogens is 3. The maximum Gasteiger partial charge on any atom is 0.259 e. The quantitative estimate of drug-likeness (QED) is 0.537. The maximum atomic E-state index is 9.71. The minimum Gasteiger partial charge on any atom is -0.490 e. The number of nitrogens with two attached hydrogens (primary N) is 1. The van der Waals surface area contributed by atoms with Crippen molar-refractivity contribution in [2.75, 3.05) is 13.2 Å². The van der Waals surface area contributed by atoms with Gasteiger partial charge in [-0.05, 0) is 67.5 Å². The number of ether oxygens (including phenoxy) is 1. The highest BCUT2D eigenvalue weighted by atomic mass is 16.5. The van der Waals surface area contributed by atoms with Crippen LogP contribution in [-0.2, 0) is 12.8 Å². The number of nitrogens with zero attached hydrogens (tertiary/aromatic N) is 3. The Balaban J connectivity index is 1.87. The van der Waals surface area contributed by atoms with Crippen LogP contribution < -0.4 is 10.5 Å². The van der Waals surface area contributed by atoms with Crippen molar-refractivity contribution in [1.29, 1.82) is 0 Å². The van der Waals surface area contributed by atoms with Crippen LogP contribution in [0.1, 0.15) is 43.2 Å². The maximum absolute atomic E-state index is 9.71. The number of aliphatic hydroxyl groups is 1. The standard InChI is InChI=1S/C24H32N4O3/c1-6-17-10-18(9-16(5)22(17)30-13-20(29)11-25)23-27-24(31-28-23)19-8-15(4)21(26-12-19)7-14(2)3/h8-10,12,14,20,29H,6-7,11,13,25H2,1-5H3. The lowest BCUT2D eigenvalue weighted by Gasteiger charge is -2.16. The lowest BCUT2D eigenvalue weighted by Crippen LogP contribution is -2.27. The monoisotopic (exact) mass is 424 g/mol. The van der Waals surface area contributed by atoms with Gasteiger partial charge in [0.15, 0.2) is 0 Å². The molecule has 0 bridgehead atoms. The van der Waals surface area contributed by atoms with Gasteiger partial charge in [-0.25, -0.2) is 0 Å². The van der Waals surface area contributed by atoms with Crippen LogP contribution in [0.2, 0.25) is 0 Å². The van der Waals surface area contributed by atoms with E-state index in [0.717, 1.165) is 52.1 Å². The van der Waals surface area contributed by atoms with Gasteiger partial charge >= 0.3 is 0 Å². The molecule has 0 aliphatic carbocycles. The smallest absolute Gasteiger partial charge is 0.259 e. The van der Waals surface area contributed by atoms with Gasteiger partial charge in [-0.1, -0.05) is 25.9 Å². The molecule has 166 valence electrons. The van der Waals surface area contributed by atoms with Crippen molar-refractivity contribution in [2.45, 2.75) is 53.6 Å². The van der Waals surface area contributed by atoms with Crippen molar-refractivity contribution < 1.29 is 14.4 Å². The fourth-order valence-electron chi connectivity index (χ4n) is 3.47. The van der Waals surface area contributed by atoms with Crippen LogP contribution in [0, 0.1) is 19.8 Å². The average Bonchev–Trinajstić information content (AvgIpc) is 3.23. The topological polar surface area (TPSA) is 107 Å². The summed E-state index contributed by atoms with van der Waals surface area (Å²) in [4.78, 5) is 9.20. The van der Waals surface area contributed by atoms with Crippen LogP contribution in [0.4, 0.5) is 0 Å². The zero-order valence-electron chi connectivity index (χ0n) is 19.0. The number of aliphatic hydroxyl groups excluding tert-OH is 1. The van der Waals surface area contributed by atoms with Crippen LogP contribution in [0.5, 0.6) is 5.75 Å². The predicted octanol–water partition coefficient (Wildman–Crippen LogP) is 3.87. The Morgan fingerprint density at radius 2 is 1.87 bits per heavy atom. The zero-order chi connectivity index (χ0) is 22.5. The molecule has 0 aliphatic heterocycles. The van der Waals surface area contributed by atoms with Gasteiger partial charge in [0, 0.05) is 24.0 Å². The zero-order valence-corrected chi connectivity index (χ0v) is 19.0. The van der Waals surface area contributed by atoms with Crippen LogP contribution in [0.25, 0.3) is 22.8 Å². The number of hydrogen-bond donors (Lipinski definition) is 2. The minimum atomic E-state index is -0.687. The summed E-state index contributed by atoms with van der Waals surface area (Å²) in [6.07, 6.45) is 2.82. The second-order valence-corrected chi connectivity index (χ2v) is 8.34. The molecule has 0 spiro atoms. The largest absolute Gasteiger partial charge is 0.490 e. The highest BCUT2D eigenvalue weighted by molar-refractivity contribution is 5.64. The van der Waals surface area contributed by atoms with Crippen LogP contribution >= 0.6 is 0 Å². The third-order valence-electron chi connectivity index (χ3n) is 5.14. The molecule has 0 amide bonds. The Hall–Kier alpha value is -2.77. The molecule has 2 aromatic heterocycles. The summed E-state index contributed by atoms with van der Waals surface area (Å²) in [6.45, 7) is 10.8. The molecule has 3 aromatic rings. The van der Waals surface area contributed by atoms with Crippen molar-refractivity contribution in [2.24, 2.45) is 11.7 Å². The van der Waals surface area contributed by atoms with Crippen LogP contribution in [0.3, 0.4) is 0 Å². The third kappa shape index (κ3) is 5.48. The first-order valence-electron chi connectivity index (χ1n) is 10.8. The molecule has 1 atom stereocenters. The van der Waals surface area contributed by atoms with Gasteiger partial charge < -0.3 is 20.1 Å². The van der Waals surface area contributed by atoms with E-state index in [0.29, 0.717) is 17.6 Å². The molecular formula is C24H32N4O3. The number of pyridine rings is 1. The molecule has 3 rings (SSSR count). The predicted molar refractivity (Wildman–Crippen MR) is 121 cm³/mol. The van der Waals surface area contributed by atoms with E-state index in [1.165, 1.54) is 0 Å². The second kappa shape index (κ2) is 10.0. The number of aryl methyl sites for hydroxylation is 3. The van der Waals surface area contributed by atoms with Crippen molar-refractivity contribution in [3.63, 3.8) is 0 Å². The van der Waals surface area contributed by atoms with Gasteiger partial charge in [-0.3, -0.25) is 4.98 Å². The minimum absolute atomic E-state index is 0.162. The first-order valence-corrected chi connectivity index (χ1v) is 10.8. The van der Waals surface area contributed by atoms with E-state index >= 15 is 0 Å². The van der Waals surface area contributed by atoms with E-state index in [1.54, 1.807) is 6.20 Å². The fraction of sp³-hybridized carbons (Fsp3) is 0.458. The summed E-state index contributed by atoms with van der Waals surface area (Å²) < 4.78 is 11.4. The lowest BCUT2D eigenvalue weighted by molar-refractivity contribution is 0.113. The highest BCUT2D eigenvalue weighted by Gasteiger charge is 2.17. The Bertz CT molecular complexity index is 1030. The number of hydrogen-bond acceptors (Lipinski definition) is 7. The van der Waals surface area contributed by atoms with Crippen molar-refractivity contribution in [3.05, 3.63) is 46.8 Å². The molecule has 7 nitrogen and oxygen atoms in total. The Labute approximate surface area is 183 Å². The van der Waals surface area contributed by atoms with Crippen LogP contribution in [-0.4, -0.2) is 39.5 Å². The van der Waals surface area contributed by atoms with E-state index in [2.05, 4.69) is 42.8 Å². The molecule has 0 saturated carbocycles. The molecule has 0 fully saturated rings. The van der Waals surface area contributed by atoms with Gasteiger partial charge in [-0.2, -0.15) is 4.98 Å². The van der Waals surface area contributed by atoms with Gasteiger partial charge in [-0.15, -0.1) is 0 Å². The highest BCUT2D eigenvalue weighted by Crippen LogP contribution is 2.31. The summed E-state index contributed by atoms with van der Waals surface area (Å²) in [5.41, 5.74) is 11.3. The molecule has 1 unspecified atom stereocenters. The molecule has 3 N–H and O–H groups in total. The molecule has 2 heterocycles. The summed E-state index contributed by atoms with van der Waals surface area (Å²) in [6, 6.07) is 6.01. The lowest BCUT2D eigenvalue weighted by atomic mass is 10.0. The van der Waals surface area contributed by atoms with E-state index in [4.69, 9.17) is 15.0 Å². The molecule has 7 heteroatoms. The number of benzene rings is 1. The molecule has 1 aromatic carbocycles. The first-order chi connectivity index (χ1) is 14.8. The Kier molecular flexibility index (Phi) is 7.41. The van der Waals surface area contributed by atoms with Gasteiger partial charge in [0.2, 0.25) is 5.82 Å². The van der Waals surface area contributed by atoms with Crippen LogP contribution in [0.15, 0.2) is 28.9 Å². The third-order valence-corrected chi connectivity index (χ3v) is 5.14. The van der Waals surface area contributed by atoms with Gasteiger partial charge in [0.05, 0.1) is 5.56 Å². The second-order valence-electron chi connectivity index (χ2n) is 8.34. The number of rotatable bonds is 9. The van der Waals surface area contributed by atoms with Crippen molar-refractivity contribution in [1.82, 2.24) is 15.1 Å². The Morgan fingerprint density at radius 3 is 2.52 bits per heavy atom. The van der Waals surface area contributed by atoms with E-state index < -0.39 is 6.10 Å². The summed E-state index contributed by atoms with van der Waals surface area (Å²) in [5, 5.41) is 13.9. The average molecular weight is 425 g/mol. The van der Waals surface area contributed by atoms with E-state index in [-0.39, 0.29) is 13.2 Å². The summed E-state index contributed by atoms with van der Waals surface area (Å²) in [5.74, 6) is 2.28. The van der Waals surface area contributed by atoms with Crippen molar-refractivity contribution in [3.8, 4) is 28.6 Å². The SMILES string of the molecule is CCc1cc(-c2noc(-c3cnc(CC(C)C)c(C)c3)n2)cc(C)c1OCC(O)CN. The summed E-state index contributed by atoms with van der Waals surface area (Å²) in [7, 11) is 0. The molecular weight excluding hydrogens is 392 g/mol.